The number of amidine groups is 1. The predicted octanol–water partition coefficient (Wildman–Crippen LogP) is 4.75. The number of hydrogen-bond donors (Lipinski definition) is 1. The van der Waals surface area contributed by atoms with E-state index in [2.05, 4.69) is 16.4 Å². The maximum absolute atomic E-state index is 12.4. The number of nitrogens with zero attached hydrogens (tertiary/aromatic N) is 1. The molecule has 5 nitrogen and oxygen atoms in total. The molecule has 1 aliphatic rings. The third-order valence-electron chi connectivity index (χ3n) is 4.34. The Labute approximate surface area is 167 Å². The zero-order valence-corrected chi connectivity index (χ0v) is 16.2. The van der Waals surface area contributed by atoms with Crippen molar-refractivity contribution in [1.82, 2.24) is 5.32 Å². The van der Waals surface area contributed by atoms with E-state index >= 15 is 0 Å². The first-order valence-electron chi connectivity index (χ1n) is 8.67. The van der Waals surface area contributed by atoms with Gasteiger partial charge in [0.1, 0.15) is 11.5 Å². The van der Waals surface area contributed by atoms with Crippen LogP contribution in [0.1, 0.15) is 5.56 Å². The zero-order valence-electron chi connectivity index (χ0n) is 15.4. The molecule has 6 heteroatoms. The van der Waals surface area contributed by atoms with E-state index in [0.29, 0.717) is 21.6 Å². The molecule has 1 saturated heterocycles. The number of amides is 1. The van der Waals surface area contributed by atoms with Crippen LogP contribution in [0.2, 0.25) is 0 Å². The molecule has 0 aliphatic carbocycles. The minimum absolute atomic E-state index is 0.178. The van der Waals surface area contributed by atoms with E-state index in [1.165, 1.54) is 11.8 Å². The van der Waals surface area contributed by atoms with Crippen LogP contribution < -0.4 is 14.8 Å². The average Bonchev–Trinajstić information content (AvgIpc) is 3.06. The zero-order chi connectivity index (χ0) is 19.5. The van der Waals surface area contributed by atoms with Crippen molar-refractivity contribution >= 4 is 45.4 Å². The summed E-state index contributed by atoms with van der Waals surface area (Å²) in [6.07, 6.45) is 1.79. The number of hydrogen-bond acceptors (Lipinski definition) is 5. The lowest BCUT2D eigenvalue weighted by Crippen LogP contribution is -2.19. The molecule has 3 aromatic carbocycles. The third-order valence-corrected chi connectivity index (χ3v) is 5.25. The second-order valence-electron chi connectivity index (χ2n) is 6.12. The highest BCUT2D eigenvalue weighted by Gasteiger charge is 2.24. The van der Waals surface area contributed by atoms with Crippen molar-refractivity contribution < 1.29 is 14.3 Å². The molecular weight excluding hydrogens is 372 g/mol. The summed E-state index contributed by atoms with van der Waals surface area (Å²) in [6, 6.07) is 19.5. The van der Waals surface area contributed by atoms with E-state index in [0.717, 1.165) is 22.0 Å². The van der Waals surface area contributed by atoms with Gasteiger partial charge in [-0.1, -0.05) is 30.3 Å². The van der Waals surface area contributed by atoms with Gasteiger partial charge in [-0.25, -0.2) is 4.99 Å². The first-order chi connectivity index (χ1) is 13.7. The highest BCUT2D eigenvalue weighted by Crippen LogP contribution is 2.32. The summed E-state index contributed by atoms with van der Waals surface area (Å²) in [5, 5.41) is 5.64. The minimum Gasteiger partial charge on any atom is -0.497 e. The second kappa shape index (κ2) is 7.78. The lowest BCUT2D eigenvalue weighted by atomic mass is 10.1. The maximum atomic E-state index is 12.4. The van der Waals surface area contributed by atoms with Crippen LogP contribution >= 0.6 is 11.8 Å². The van der Waals surface area contributed by atoms with Gasteiger partial charge in [-0.3, -0.25) is 4.79 Å². The smallest absolute Gasteiger partial charge is 0.264 e. The molecule has 1 fully saturated rings. The van der Waals surface area contributed by atoms with Crippen molar-refractivity contribution in [2.75, 3.05) is 14.2 Å². The third kappa shape index (κ3) is 3.73. The van der Waals surface area contributed by atoms with Crippen LogP contribution in [0.3, 0.4) is 0 Å². The first kappa shape index (κ1) is 18.1. The number of methoxy groups -OCH3 is 2. The molecular formula is C22H18N2O3S. The highest BCUT2D eigenvalue weighted by atomic mass is 32.2. The van der Waals surface area contributed by atoms with Gasteiger partial charge >= 0.3 is 0 Å². The Bertz CT molecular complexity index is 1120. The summed E-state index contributed by atoms with van der Waals surface area (Å²) in [5.41, 5.74) is 1.60. The SMILES string of the molecule is COc1ccc(C=C2SC(=Nc3ccc4ccccc4c3)NC2=O)c(OC)c1. The molecule has 0 saturated carbocycles. The van der Waals surface area contributed by atoms with Gasteiger partial charge in [0, 0.05) is 11.6 Å². The van der Waals surface area contributed by atoms with Crippen molar-refractivity contribution in [3.05, 3.63) is 71.1 Å². The fourth-order valence-electron chi connectivity index (χ4n) is 2.92. The van der Waals surface area contributed by atoms with E-state index in [1.54, 1.807) is 26.4 Å². The van der Waals surface area contributed by atoms with Crippen molar-refractivity contribution in [2.45, 2.75) is 0 Å². The monoisotopic (exact) mass is 390 g/mol. The lowest BCUT2D eigenvalue weighted by molar-refractivity contribution is -0.115. The maximum Gasteiger partial charge on any atom is 0.264 e. The van der Waals surface area contributed by atoms with Gasteiger partial charge in [0.15, 0.2) is 5.17 Å². The average molecular weight is 390 g/mol. The van der Waals surface area contributed by atoms with Crippen molar-refractivity contribution in [2.24, 2.45) is 4.99 Å². The topological polar surface area (TPSA) is 59.9 Å². The van der Waals surface area contributed by atoms with Crippen LogP contribution in [0.15, 0.2) is 70.6 Å². The molecule has 4 rings (SSSR count). The fraction of sp³-hybridized carbons (Fsp3) is 0.0909. The molecule has 140 valence electrons. The largest absolute Gasteiger partial charge is 0.497 e. The minimum atomic E-state index is -0.178. The Morgan fingerprint density at radius 1 is 0.964 bits per heavy atom. The van der Waals surface area contributed by atoms with Gasteiger partial charge in [0.2, 0.25) is 0 Å². The Kier molecular flexibility index (Phi) is 5.04. The summed E-state index contributed by atoms with van der Waals surface area (Å²) >= 11 is 1.31. The number of ether oxygens (including phenoxy) is 2. The van der Waals surface area contributed by atoms with E-state index in [1.807, 2.05) is 48.5 Å². The van der Waals surface area contributed by atoms with E-state index in [9.17, 15) is 4.79 Å². The number of thioether (sulfide) groups is 1. The van der Waals surface area contributed by atoms with E-state index < -0.39 is 0 Å². The summed E-state index contributed by atoms with van der Waals surface area (Å²) in [7, 11) is 3.19. The summed E-state index contributed by atoms with van der Waals surface area (Å²) in [4.78, 5) is 17.5. The van der Waals surface area contributed by atoms with Gasteiger partial charge in [0.05, 0.1) is 24.8 Å². The number of carbonyl (C=O) groups excluding carboxylic acids is 1. The summed E-state index contributed by atoms with van der Waals surface area (Å²) in [6.45, 7) is 0. The normalized spacial score (nSPS) is 16.6. The highest BCUT2D eigenvalue weighted by molar-refractivity contribution is 8.18. The number of aliphatic imine (C=N–C) groups is 1. The fourth-order valence-corrected chi connectivity index (χ4v) is 3.76. The molecule has 28 heavy (non-hydrogen) atoms. The number of rotatable bonds is 4. The number of benzene rings is 3. The second-order valence-corrected chi connectivity index (χ2v) is 7.15. The molecule has 0 radical (unpaired) electrons. The van der Waals surface area contributed by atoms with Gasteiger partial charge in [0.25, 0.3) is 5.91 Å². The summed E-state index contributed by atoms with van der Waals surface area (Å²) in [5.74, 6) is 1.16. The Morgan fingerprint density at radius 2 is 1.79 bits per heavy atom. The molecule has 0 spiro atoms. The molecule has 1 N–H and O–H groups in total. The Morgan fingerprint density at radius 3 is 2.57 bits per heavy atom. The molecule has 3 aromatic rings. The lowest BCUT2D eigenvalue weighted by Gasteiger charge is -2.07. The van der Waals surface area contributed by atoms with Gasteiger partial charge in [-0.05, 0) is 52.9 Å². The molecule has 0 aromatic heterocycles. The molecule has 1 aliphatic heterocycles. The number of nitrogens with one attached hydrogen (secondary N) is 1. The van der Waals surface area contributed by atoms with Gasteiger partial charge in [-0.2, -0.15) is 0 Å². The molecule has 0 atom stereocenters. The van der Waals surface area contributed by atoms with Crippen molar-refractivity contribution in [3.63, 3.8) is 0 Å². The van der Waals surface area contributed by atoms with Crippen LogP contribution in [0, 0.1) is 0 Å². The molecule has 0 bridgehead atoms. The van der Waals surface area contributed by atoms with Crippen LogP contribution in [-0.4, -0.2) is 25.3 Å². The van der Waals surface area contributed by atoms with E-state index in [-0.39, 0.29) is 5.91 Å². The van der Waals surface area contributed by atoms with Crippen LogP contribution in [0.25, 0.3) is 16.8 Å². The van der Waals surface area contributed by atoms with Crippen molar-refractivity contribution in [1.29, 1.82) is 0 Å². The molecule has 1 amide bonds. The van der Waals surface area contributed by atoms with Crippen LogP contribution in [-0.2, 0) is 4.79 Å². The van der Waals surface area contributed by atoms with Crippen LogP contribution in [0.4, 0.5) is 5.69 Å². The van der Waals surface area contributed by atoms with Crippen LogP contribution in [0.5, 0.6) is 11.5 Å². The Hall–Kier alpha value is -3.25. The first-order valence-corrected chi connectivity index (χ1v) is 9.48. The quantitative estimate of drug-likeness (QED) is 0.653. The number of fused-ring (bicyclic) bond motifs is 1. The molecule has 0 unspecified atom stereocenters. The van der Waals surface area contributed by atoms with E-state index in [4.69, 9.17) is 9.47 Å². The van der Waals surface area contributed by atoms with Gasteiger partial charge in [-0.15, -0.1) is 0 Å². The molecule has 1 heterocycles. The standard InChI is InChI=1S/C22H18N2O3S/c1-26-18-10-8-16(19(13-18)27-2)12-20-21(25)24-22(28-20)23-17-9-7-14-5-3-4-6-15(14)11-17/h3-13H,1-2H3,(H,23,24,25). The number of carbonyl (C=O) groups is 1. The summed E-state index contributed by atoms with van der Waals surface area (Å²) < 4.78 is 10.6. The predicted molar refractivity (Wildman–Crippen MR) is 114 cm³/mol. The van der Waals surface area contributed by atoms with Gasteiger partial charge < -0.3 is 14.8 Å². The Balaban J connectivity index is 1.61. The van der Waals surface area contributed by atoms with Crippen molar-refractivity contribution in [3.8, 4) is 11.5 Å².